The Labute approximate surface area is 119 Å². The topological polar surface area (TPSA) is 59.1 Å². The Balaban J connectivity index is 2.10. The number of nitrogens with zero attached hydrogens (tertiary/aromatic N) is 1. The summed E-state index contributed by atoms with van der Waals surface area (Å²) in [4.78, 5) is 3.30. The van der Waals surface area contributed by atoms with Crippen molar-refractivity contribution in [3.8, 4) is 0 Å². The number of nitrogens with one attached hydrogen (secondary N) is 1. The number of anilines is 1. The number of aromatic nitrogens is 1. The third-order valence-corrected chi connectivity index (χ3v) is 4.17. The van der Waals surface area contributed by atoms with Crippen LogP contribution in [0.1, 0.15) is 5.69 Å². The molecule has 1 N–H and O–H groups in total. The van der Waals surface area contributed by atoms with E-state index >= 15 is 0 Å². The Morgan fingerprint density at radius 3 is 2.24 bits per heavy atom. The number of halogens is 3. The monoisotopic (exact) mass is 316 g/mol. The van der Waals surface area contributed by atoms with Crippen molar-refractivity contribution in [2.75, 3.05) is 5.32 Å². The van der Waals surface area contributed by atoms with E-state index in [0.29, 0.717) is 12.2 Å². The van der Waals surface area contributed by atoms with Gasteiger partial charge in [0.25, 0.3) is 9.84 Å². The van der Waals surface area contributed by atoms with E-state index in [1.54, 1.807) is 18.3 Å². The van der Waals surface area contributed by atoms with Gasteiger partial charge in [-0.05, 0) is 36.4 Å². The van der Waals surface area contributed by atoms with Crippen LogP contribution in [0.4, 0.5) is 18.9 Å². The summed E-state index contributed by atoms with van der Waals surface area (Å²) in [6, 6.07) is 9.76. The maximum Gasteiger partial charge on any atom is 0.501 e. The average molecular weight is 316 g/mol. The van der Waals surface area contributed by atoms with Crippen molar-refractivity contribution in [3.63, 3.8) is 0 Å². The normalized spacial score (nSPS) is 12.1. The van der Waals surface area contributed by atoms with Crippen LogP contribution in [0.5, 0.6) is 0 Å². The molecule has 1 aromatic heterocycles. The molecule has 112 valence electrons. The van der Waals surface area contributed by atoms with Crippen molar-refractivity contribution in [3.05, 3.63) is 54.4 Å². The largest absolute Gasteiger partial charge is 0.501 e. The second-order valence-electron chi connectivity index (χ2n) is 4.15. The zero-order chi connectivity index (χ0) is 15.5. The Bertz CT molecular complexity index is 698. The molecule has 4 nitrogen and oxygen atoms in total. The maximum absolute atomic E-state index is 12.4. The highest BCUT2D eigenvalue weighted by Crippen LogP contribution is 2.30. The fraction of sp³-hybridized carbons (Fsp3) is 0.154. The number of benzene rings is 1. The summed E-state index contributed by atoms with van der Waals surface area (Å²) < 4.78 is 59.5. The molecular formula is C13H11F3N2O2S. The van der Waals surface area contributed by atoms with E-state index in [9.17, 15) is 21.6 Å². The molecule has 8 heteroatoms. The number of sulfone groups is 1. The van der Waals surface area contributed by atoms with Gasteiger partial charge in [-0.2, -0.15) is 13.2 Å². The first-order valence-electron chi connectivity index (χ1n) is 5.86. The summed E-state index contributed by atoms with van der Waals surface area (Å²) >= 11 is 0. The van der Waals surface area contributed by atoms with E-state index in [2.05, 4.69) is 10.3 Å². The highest BCUT2D eigenvalue weighted by molar-refractivity contribution is 7.92. The summed E-state index contributed by atoms with van der Waals surface area (Å²) in [7, 11) is -5.30. The molecule has 0 spiro atoms. The zero-order valence-corrected chi connectivity index (χ0v) is 11.4. The molecule has 1 heterocycles. The number of hydrogen-bond acceptors (Lipinski definition) is 4. The van der Waals surface area contributed by atoms with Crippen molar-refractivity contribution in [2.45, 2.75) is 16.9 Å². The first-order chi connectivity index (χ1) is 9.80. The lowest BCUT2D eigenvalue weighted by Crippen LogP contribution is -2.23. The smallest absolute Gasteiger partial charge is 0.379 e. The van der Waals surface area contributed by atoms with E-state index in [4.69, 9.17) is 0 Å². The summed E-state index contributed by atoms with van der Waals surface area (Å²) in [6.07, 6.45) is 1.62. The van der Waals surface area contributed by atoms with E-state index in [1.165, 1.54) is 12.1 Å². The standard InChI is InChI=1S/C13H11F3N2O2S/c14-13(15,16)21(19,20)12-6-4-10(5-7-12)18-9-11-3-1-2-8-17-11/h1-8,18H,9H2. The highest BCUT2D eigenvalue weighted by atomic mass is 32.2. The molecule has 21 heavy (non-hydrogen) atoms. The van der Waals surface area contributed by atoms with Crippen LogP contribution in [0.25, 0.3) is 0 Å². The van der Waals surface area contributed by atoms with Crippen LogP contribution in [0.3, 0.4) is 0 Å². The van der Waals surface area contributed by atoms with Gasteiger partial charge >= 0.3 is 5.51 Å². The van der Waals surface area contributed by atoms with Crippen LogP contribution >= 0.6 is 0 Å². The van der Waals surface area contributed by atoms with E-state index in [-0.39, 0.29) is 0 Å². The number of alkyl halides is 3. The molecule has 0 unspecified atom stereocenters. The van der Waals surface area contributed by atoms with Crippen molar-refractivity contribution < 1.29 is 21.6 Å². The van der Waals surface area contributed by atoms with Crippen LogP contribution < -0.4 is 5.32 Å². The Kier molecular flexibility index (Phi) is 4.17. The van der Waals surface area contributed by atoms with Crippen LogP contribution in [0, 0.1) is 0 Å². The van der Waals surface area contributed by atoms with Crippen molar-refractivity contribution in [2.24, 2.45) is 0 Å². The molecule has 0 saturated heterocycles. The fourth-order valence-corrected chi connectivity index (χ4v) is 2.34. The molecule has 0 atom stereocenters. The van der Waals surface area contributed by atoms with Gasteiger partial charge in [0, 0.05) is 11.9 Å². The van der Waals surface area contributed by atoms with Crippen molar-refractivity contribution in [1.82, 2.24) is 4.98 Å². The minimum atomic E-state index is -5.30. The van der Waals surface area contributed by atoms with Gasteiger partial charge in [0.05, 0.1) is 17.1 Å². The first-order valence-corrected chi connectivity index (χ1v) is 7.34. The van der Waals surface area contributed by atoms with Gasteiger partial charge in [-0.3, -0.25) is 4.98 Å². The minimum absolute atomic E-state index is 0.381. The average Bonchev–Trinajstić information content (AvgIpc) is 2.45. The number of pyridine rings is 1. The lowest BCUT2D eigenvalue weighted by molar-refractivity contribution is -0.0436. The molecule has 0 fully saturated rings. The lowest BCUT2D eigenvalue weighted by atomic mass is 10.3. The highest BCUT2D eigenvalue weighted by Gasteiger charge is 2.46. The molecule has 0 aliphatic heterocycles. The zero-order valence-electron chi connectivity index (χ0n) is 10.6. The molecule has 0 aliphatic carbocycles. The first kappa shape index (κ1) is 15.3. The van der Waals surface area contributed by atoms with Gasteiger partial charge in [-0.15, -0.1) is 0 Å². The summed E-state index contributed by atoms with van der Waals surface area (Å²) in [5.74, 6) is 0. The summed E-state index contributed by atoms with van der Waals surface area (Å²) in [5.41, 5.74) is -4.04. The van der Waals surface area contributed by atoms with Gasteiger partial charge in [0.15, 0.2) is 0 Å². The fourth-order valence-electron chi connectivity index (χ4n) is 1.58. The van der Waals surface area contributed by atoms with E-state index in [0.717, 1.165) is 17.8 Å². The Morgan fingerprint density at radius 2 is 1.71 bits per heavy atom. The maximum atomic E-state index is 12.4. The molecule has 0 amide bonds. The van der Waals surface area contributed by atoms with Crippen LogP contribution in [0.2, 0.25) is 0 Å². The van der Waals surface area contributed by atoms with Gasteiger partial charge in [0.2, 0.25) is 0 Å². The van der Waals surface area contributed by atoms with Crippen molar-refractivity contribution >= 4 is 15.5 Å². The second kappa shape index (κ2) is 5.72. The molecule has 1 aromatic carbocycles. The van der Waals surface area contributed by atoms with E-state index in [1.807, 2.05) is 6.07 Å². The Hall–Kier alpha value is -2.09. The van der Waals surface area contributed by atoms with Gasteiger partial charge in [0.1, 0.15) is 0 Å². The molecule has 2 rings (SSSR count). The predicted molar refractivity (Wildman–Crippen MR) is 71.2 cm³/mol. The SMILES string of the molecule is O=S(=O)(c1ccc(NCc2ccccn2)cc1)C(F)(F)F. The van der Waals surface area contributed by atoms with Gasteiger partial charge in [-0.1, -0.05) is 6.07 Å². The predicted octanol–water partition coefficient (Wildman–Crippen LogP) is 2.99. The second-order valence-corrected chi connectivity index (χ2v) is 6.09. The third kappa shape index (κ3) is 3.52. The number of hydrogen-bond donors (Lipinski definition) is 1. The van der Waals surface area contributed by atoms with Gasteiger partial charge in [-0.25, -0.2) is 8.42 Å². The molecule has 0 bridgehead atoms. The van der Waals surface area contributed by atoms with Crippen LogP contribution in [0.15, 0.2) is 53.6 Å². The number of rotatable bonds is 4. The molecule has 0 radical (unpaired) electrons. The minimum Gasteiger partial charge on any atom is -0.379 e. The molecule has 0 saturated carbocycles. The lowest BCUT2D eigenvalue weighted by Gasteiger charge is -2.09. The quantitative estimate of drug-likeness (QED) is 0.942. The van der Waals surface area contributed by atoms with Crippen LogP contribution in [-0.4, -0.2) is 18.9 Å². The molecule has 2 aromatic rings. The van der Waals surface area contributed by atoms with Crippen LogP contribution in [-0.2, 0) is 16.4 Å². The Morgan fingerprint density at radius 1 is 1.05 bits per heavy atom. The summed E-state index contributed by atoms with van der Waals surface area (Å²) in [5, 5.41) is 2.94. The third-order valence-electron chi connectivity index (χ3n) is 2.67. The van der Waals surface area contributed by atoms with Gasteiger partial charge < -0.3 is 5.32 Å². The van der Waals surface area contributed by atoms with Crippen molar-refractivity contribution in [1.29, 1.82) is 0 Å². The molecular weight excluding hydrogens is 305 g/mol. The summed E-state index contributed by atoms with van der Waals surface area (Å²) in [6.45, 7) is 0.381. The molecule has 0 aliphatic rings. The van der Waals surface area contributed by atoms with E-state index < -0.39 is 20.2 Å².